The molecule has 7 aliphatic rings. The van der Waals surface area contributed by atoms with Gasteiger partial charge in [0.2, 0.25) is 17.7 Å². The van der Waals surface area contributed by atoms with Crippen molar-refractivity contribution in [1.29, 1.82) is 0 Å². The molecule has 7 heterocycles. The molecule has 22 nitrogen and oxygen atoms in total. The van der Waals surface area contributed by atoms with Crippen LogP contribution in [0.5, 0.6) is 0 Å². The van der Waals surface area contributed by atoms with Gasteiger partial charge in [0.05, 0.1) is 30.5 Å². The van der Waals surface area contributed by atoms with Crippen molar-refractivity contribution in [2.45, 2.75) is 155 Å². The fourth-order valence-corrected chi connectivity index (χ4v) is 10.6. The molecule has 6 aliphatic heterocycles. The minimum atomic E-state index is -0.817. The fourth-order valence-electron chi connectivity index (χ4n) is 9.91. The Balaban J connectivity index is 0.000000195. The summed E-state index contributed by atoms with van der Waals surface area (Å²) < 4.78 is 34.3. The van der Waals surface area contributed by atoms with E-state index in [0.717, 1.165) is 50.1 Å². The first-order chi connectivity index (χ1) is 37.8. The van der Waals surface area contributed by atoms with Gasteiger partial charge < -0.3 is 45.2 Å². The lowest BCUT2D eigenvalue weighted by atomic mass is 9.89. The number of nitrogens with zero attached hydrogens (tertiary/aromatic N) is 2. The van der Waals surface area contributed by atoms with Crippen molar-refractivity contribution in [2.24, 2.45) is 17.8 Å². The van der Waals surface area contributed by atoms with Gasteiger partial charge in [0.25, 0.3) is 23.6 Å². The van der Waals surface area contributed by atoms with Gasteiger partial charge in [0.1, 0.15) is 41.8 Å². The Kier molecular flexibility index (Phi) is 22.4. The maximum atomic E-state index is 13.8. The molecule has 24 heteroatoms. The molecular weight excluding hydrogens is 1110 g/mol. The second-order valence-corrected chi connectivity index (χ2v) is 23.6. The van der Waals surface area contributed by atoms with Crippen molar-refractivity contribution in [2.75, 3.05) is 56.8 Å². The van der Waals surface area contributed by atoms with Crippen molar-refractivity contribution in [1.82, 2.24) is 36.2 Å². The molecule has 6 fully saturated rings. The molecule has 0 radical (unpaired) electrons. The SMILES string of the molecule is BrCC1CCOCC1.CC(C)(C)OC(=O)N[C@H]1CC(=O)N(CC2CCOCC2)C1=O.CC(C)(C)OC(=O)N[C@H]1CC(=O)NC1=O.Cc1[nH]c(/C=C2\C(=O)Nc3ccc(F)cc32)c(C)c1C(=O)N[C@H]1CON(CC2CCCCC2)C1=O. The third-order valence-corrected chi connectivity index (χ3v) is 15.0. The number of imide groups is 2. The number of carbonyl (C=O) groups is 9. The highest BCUT2D eigenvalue weighted by Gasteiger charge is 2.42. The van der Waals surface area contributed by atoms with E-state index in [1.165, 1.54) is 60.3 Å². The van der Waals surface area contributed by atoms with Crippen LogP contribution in [0.1, 0.15) is 145 Å². The molecular formula is C56H78BrFN8O14. The number of amides is 9. The maximum absolute atomic E-state index is 13.8. The van der Waals surface area contributed by atoms with Crippen LogP contribution in [0.4, 0.5) is 19.7 Å². The van der Waals surface area contributed by atoms with E-state index in [2.05, 4.69) is 47.5 Å². The van der Waals surface area contributed by atoms with E-state index in [4.69, 9.17) is 23.8 Å². The van der Waals surface area contributed by atoms with Crippen LogP contribution in [0.3, 0.4) is 0 Å². The number of alkyl carbamates (subject to hydrolysis) is 2. The minimum Gasteiger partial charge on any atom is -0.444 e. The molecule has 9 rings (SSSR count). The smallest absolute Gasteiger partial charge is 0.408 e. The molecule has 0 bridgehead atoms. The van der Waals surface area contributed by atoms with Gasteiger partial charge in [-0.15, -0.1) is 0 Å². The molecule has 1 saturated carbocycles. The van der Waals surface area contributed by atoms with E-state index in [9.17, 15) is 47.5 Å². The predicted molar refractivity (Wildman–Crippen MR) is 295 cm³/mol. The quantitative estimate of drug-likeness (QED) is 0.0840. The lowest BCUT2D eigenvalue weighted by Gasteiger charge is -2.26. The zero-order valence-corrected chi connectivity index (χ0v) is 48.7. The number of likely N-dealkylation sites (tertiary alicyclic amines) is 1. The minimum absolute atomic E-state index is 0.00129. The Bertz CT molecular complexity index is 2630. The molecule has 9 amide bonds. The molecule has 80 heavy (non-hydrogen) atoms. The zero-order chi connectivity index (χ0) is 58.5. The van der Waals surface area contributed by atoms with Gasteiger partial charge in [-0.1, -0.05) is 35.2 Å². The Morgan fingerprint density at radius 3 is 1.89 bits per heavy atom. The van der Waals surface area contributed by atoms with Crippen LogP contribution in [0.15, 0.2) is 18.2 Å². The normalized spacial score (nSPS) is 22.3. The largest absolute Gasteiger partial charge is 0.444 e. The van der Waals surface area contributed by atoms with Gasteiger partial charge in [0, 0.05) is 60.9 Å². The molecule has 1 aromatic carbocycles. The molecule has 2 aromatic rings. The van der Waals surface area contributed by atoms with Crippen molar-refractivity contribution < 1.29 is 71.3 Å². The van der Waals surface area contributed by atoms with Crippen LogP contribution in [0.2, 0.25) is 0 Å². The van der Waals surface area contributed by atoms with E-state index in [0.29, 0.717) is 71.6 Å². The number of hydrogen-bond acceptors (Lipinski definition) is 14. The summed E-state index contributed by atoms with van der Waals surface area (Å²) in [6.45, 7) is 18.3. The number of anilines is 1. The predicted octanol–water partition coefficient (Wildman–Crippen LogP) is 6.52. The maximum Gasteiger partial charge on any atom is 0.408 e. The number of halogens is 2. The number of alkyl halides is 1. The monoisotopic (exact) mass is 1180 g/mol. The molecule has 1 aliphatic carbocycles. The summed E-state index contributed by atoms with van der Waals surface area (Å²) >= 11 is 3.46. The first-order valence-electron chi connectivity index (χ1n) is 27.4. The zero-order valence-electron chi connectivity index (χ0n) is 47.1. The number of aromatic nitrogens is 1. The van der Waals surface area contributed by atoms with E-state index < -0.39 is 53.2 Å². The molecule has 6 N–H and O–H groups in total. The van der Waals surface area contributed by atoms with Gasteiger partial charge in [-0.05, 0) is 142 Å². The average Bonchev–Trinajstić information content (AvgIpc) is 4.15. The molecule has 5 saturated heterocycles. The van der Waals surface area contributed by atoms with E-state index >= 15 is 0 Å². The number of ether oxygens (including phenoxy) is 4. The molecule has 0 spiro atoms. The van der Waals surface area contributed by atoms with Crippen molar-refractivity contribution in [3.05, 3.63) is 52.1 Å². The Labute approximate surface area is 474 Å². The van der Waals surface area contributed by atoms with Crippen molar-refractivity contribution in [3.8, 4) is 0 Å². The summed E-state index contributed by atoms with van der Waals surface area (Å²) in [5.74, 6) is -1.25. The highest BCUT2D eigenvalue weighted by atomic mass is 79.9. The van der Waals surface area contributed by atoms with Gasteiger partial charge in [-0.3, -0.25) is 48.6 Å². The van der Waals surface area contributed by atoms with Crippen LogP contribution in [-0.4, -0.2) is 149 Å². The molecule has 1 aromatic heterocycles. The van der Waals surface area contributed by atoms with Crippen LogP contribution in [-0.2, 0) is 52.6 Å². The Hall–Kier alpha value is -6.24. The summed E-state index contributed by atoms with van der Waals surface area (Å²) in [6, 6.07) is 1.75. The number of H-pyrrole nitrogens is 1. The number of hydrogen-bond donors (Lipinski definition) is 6. The number of rotatable bonds is 10. The number of benzene rings is 1. The van der Waals surface area contributed by atoms with Crippen LogP contribution in [0.25, 0.3) is 11.6 Å². The summed E-state index contributed by atoms with van der Waals surface area (Å²) in [6.07, 6.45) is 10.2. The van der Waals surface area contributed by atoms with Crippen LogP contribution in [0, 0.1) is 37.4 Å². The van der Waals surface area contributed by atoms with Crippen molar-refractivity contribution >= 4 is 86.8 Å². The summed E-state index contributed by atoms with van der Waals surface area (Å²) in [5, 5.41) is 15.0. The first kappa shape index (κ1) is 62.9. The third-order valence-electron chi connectivity index (χ3n) is 14.1. The second kappa shape index (κ2) is 28.4. The van der Waals surface area contributed by atoms with Crippen LogP contribution >= 0.6 is 15.9 Å². The lowest BCUT2D eigenvalue weighted by molar-refractivity contribution is -0.165. The van der Waals surface area contributed by atoms with Gasteiger partial charge in [0.15, 0.2) is 0 Å². The van der Waals surface area contributed by atoms with E-state index in [-0.39, 0.29) is 60.8 Å². The van der Waals surface area contributed by atoms with Gasteiger partial charge >= 0.3 is 12.2 Å². The van der Waals surface area contributed by atoms with E-state index in [1.807, 2.05) is 0 Å². The standard InChI is InChI=1S/C26H29FN4O4.C15H24N2O5.C9H14N2O4.C6H11BrO/c1-14-21(11-19-18-10-17(27)8-9-20(18)29-24(19)32)28-15(2)23(14)25(33)30-22-13-35-31(26(22)34)12-16-6-4-3-5-7-16;1-15(2,3)22-14(20)16-11-8-12(18)17(13(11)19)9-10-4-6-21-7-5-10;1-9(2,3)15-8(14)10-5-4-6(12)11-7(5)13;7-5-6-1-3-8-4-2-6/h8-11,16,22,28H,3-7,12-13H2,1-2H3,(H,29,32)(H,30,33);10-11H,4-9H2,1-3H3,(H,16,20);5H,4H2,1-3H3,(H,10,14)(H,11,12,13);6H,1-5H2/b19-11-;;;/t22-;11-;5-;/m000./s1. The Morgan fingerprint density at radius 2 is 1.32 bits per heavy atom. The second-order valence-electron chi connectivity index (χ2n) is 22.9. The number of hydroxylamine groups is 2. The summed E-state index contributed by atoms with van der Waals surface area (Å²) in [5.41, 5.74) is 2.29. The lowest BCUT2D eigenvalue weighted by Crippen LogP contribution is -2.45. The average molecular weight is 1190 g/mol. The number of aromatic amines is 1. The molecule has 3 atom stereocenters. The molecule has 440 valence electrons. The first-order valence-corrected chi connectivity index (χ1v) is 28.6. The van der Waals surface area contributed by atoms with Crippen molar-refractivity contribution in [3.63, 3.8) is 0 Å². The Morgan fingerprint density at radius 1 is 0.738 bits per heavy atom. The van der Waals surface area contributed by atoms with E-state index in [1.54, 1.807) is 61.5 Å². The topological polar surface area (TPSA) is 282 Å². The summed E-state index contributed by atoms with van der Waals surface area (Å²) in [4.78, 5) is 118. The highest BCUT2D eigenvalue weighted by Crippen LogP contribution is 2.35. The molecule has 0 unspecified atom stereocenters. The fraction of sp³-hybridized carbons (Fsp3) is 0.625. The van der Waals surface area contributed by atoms with Gasteiger partial charge in [-0.2, -0.15) is 0 Å². The third kappa shape index (κ3) is 18.4. The van der Waals surface area contributed by atoms with Gasteiger partial charge in [-0.25, -0.2) is 19.0 Å². The number of fused-ring (bicyclic) bond motifs is 1. The van der Waals surface area contributed by atoms with Crippen LogP contribution < -0.4 is 26.6 Å². The number of carbonyl (C=O) groups excluding carboxylic acids is 9. The number of aryl methyl sites for hydroxylation is 1. The summed E-state index contributed by atoms with van der Waals surface area (Å²) in [7, 11) is 0. The number of nitrogens with one attached hydrogen (secondary N) is 6. The highest BCUT2D eigenvalue weighted by molar-refractivity contribution is 9.09.